The van der Waals surface area contributed by atoms with Gasteiger partial charge in [-0.05, 0) is 6.42 Å². The van der Waals surface area contributed by atoms with Crippen LogP contribution in [-0.4, -0.2) is 31.2 Å². The molecule has 0 atom stereocenters. The first kappa shape index (κ1) is 7.13. The summed E-state index contributed by atoms with van der Waals surface area (Å²) in [6, 6.07) is 0. The van der Waals surface area contributed by atoms with E-state index in [1.54, 1.807) is 0 Å². The van der Waals surface area contributed by atoms with Crippen LogP contribution in [-0.2, 0) is 0 Å². The maximum atomic E-state index is 5.57. The molecule has 2 fully saturated rings. The van der Waals surface area contributed by atoms with Gasteiger partial charge < -0.3 is 16.0 Å². The van der Waals surface area contributed by atoms with Crippen molar-refractivity contribution < 1.29 is 0 Å². The molecule has 2 heterocycles. The van der Waals surface area contributed by atoms with Crippen LogP contribution in [0.3, 0.4) is 0 Å². The van der Waals surface area contributed by atoms with Crippen LogP contribution in [0.4, 0.5) is 0 Å². The van der Waals surface area contributed by atoms with Gasteiger partial charge in [0.2, 0.25) is 0 Å². The second kappa shape index (κ2) is 2.22. The maximum Gasteiger partial charge on any atom is 0.0654 e. The molecular formula is C8H15N3. The first-order chi connectivity index (χ1) is 5.28. The zero-order valence-corrected chi connectivity index (χ0v) is 6.77. The predicted octanol–water partition coefficient (Wildman–Crippen LogP) is -0.288. The zero-order chi connectivity index (χ0) is 7.90. The van der Waals surface area contributed by atoms with Crippen molar-refractivity contribution in [3.8, 4) is 0 Å². The number of nitrogens with two attached hydrogens (primary N) is 1. The lowest BCUT2D eigenvalue weighted by molar-refractivity contribution is 0.223. The van der Waals surface area contributed by atoms with Crippen molar-refractivity contribution in [2.45, 2.75) is 6.42 Å². The summed E-state index contributed by atoms with van der Waals surface area (Å²) in [5.41, 5.74) is 7.21. The Morgan fingerprint density at radius 1 is 1.64 bits per heavy atom. The van der Waals surface area contributed by atoms with Crippen LogP contribution in [0.15, 0.2) is 12.3 Å². The lowest BCUT2D eigenvalue weighted by Gasteiger charge is -2.40. The number of hydrogen-bond acceptors (Lipinski definition) is 3. The number of nitrogens with zero attached hydrogens (tertiary/aromatic N) is 1. The van der Waals surface area contributed by atoms with Gasteiger partial charge in [0.05, 0.1) is 6.67 Å². The Kier molecular flexibility index (Phi) is 1.44. The summed E-state index contributed by atoms with van der Waals surface area (Å²) in [6.45, 7) is 8.01. The molecule has 11 heavy (non-hydrogen) atoms. The van der Waals surface area contributed by atoms with Gasteiger partial charge in [-0.1, -0.05) is 6.58 Å². The number of likely N-dealkylation sites (tertiary alicyclic amines) is 1. The molecule has 0 bridgehead atoms. The Morgan fingerprint density at radius 2 is 2.36 bits per heavy atom. The molecule has 0 aliphatic carbocycles. The summed E-state index contributed by atoms with van der Waals surface area (Å²) in [5.74, 6) is 0. The van der Waals surface area contributed by atoms with Gasteiger partial charge in [0.25, 0.3) is 0 Å². The van der Waals surface area contributed by atoms with E-state index in [0.29, 0.717) is 12.1 Å². The standard InChI is InChI=1S/C8H15N3/c1-7-8(4-10-5-8)2-3-11(7)6-9/h10H,1-6,9H2. The molecule has 2 saturated heterocycles. The van der Waals surface area contributed by atoms with Crippen LogP contribution in [0.25, 0.3) is 0 Å². The molecule has 2 rings (SSSR count). The van der Waals surface area contributed by atoms with Gasteiger partial charge in [-0.2, -0.15) is 0 Å². The largest absolute Gasteiger partial charge is 0.362 e. The first-order valence-corrected chi connectivity index (χ1v) is 4.14. The third-order valence-corrected chi connectivity index (χ3v) is 3.00. The average Bonchev–Trinajstić information content (AvgIpc) is 2.25. The third-order valence-electron chi connectivity index (χ3n) is 3.00. The number of nitrogens with one attached hydrogen (secondary N) is 1. The molecule has 2 aliphatic heterocycles. The normalized spacial score (nSPS) is 27.7. The predicted molar refractivity (Wildman–Crippen MR) is 44.8 cm³/mol. The highest BCUT2D eigenvalue weighted by molar-refractivity contribution is 5.20. The molecule has 62 valence electrons. The minimum atomic E-state index is 0.388. The number of hydrogen-bond donors (Lipinski definition) is 2. The van der Waals surface area contributed by atoms with E-state index in [1.165, 1.54) is 12.1 Å². The van der Waals surface area contributed by atoms with Crippen LogP contribution < -0.4 is 11.1 Å². The van der Waals surface area contributed by atoms with E-state index >= 15 is 0 Å². The lowest BCUT2D eigenvalue weighted by Crippen LogP contribution is -2.53. The van der Waals surface area contributed by atoms with Crippen molar-refractivity contribution in [2.75, 3.05) is 26.3 Å². The Balaban J connectivity index is 2.11. The molecular weight excluding hydrogens is 138 g/mol. The third kappa shape index (κ3) is 0.812. The van der Waals surface area contributed by atoms with Gasteiger partial charge in [0, 0.05) is 30.7 Å². The van der Waals surface area contributed by atoms with E-state index in [9.17, 15) is 0 Å². The van der Waals surface area contributed by atoms with Crippen molar-refractivity contribution in [3.63, 3.8) is 0 Å². The highest BCUT2D eigenvalue weighted by Crippen LogP contribution is 2.41. The molecule has 3 N–H and O–H groups in total. The van der Waals surface area contributed by atoms with Crippen LogP contribution >= 0.6 is 0 Å². The van der Waals surface area contributed by atoms with Crippen molar-refractivity contribution in [1.82, 2.24) is 10.2 Å². The van der Waals surface area contributed by atoms with Gasteiger partial charge in [0.1, 0.15) is 0 Å². The first-order valence-electron chi connectivity index (χ1n) is 4.14. The summed E-state index contributed by atoms with van der Waals surface area (Å²) >= 11 is 0. The Bertz CT molecular complexity index is 184. The molecule has 3 heteroatoms. The summed E-state index contributed by atoms with van der Waals surface area (Å²) in [7, 11) is 0. The van der Waals surface area contributed by atoms with Crippen molar-refractivity contribution in [2.24, 2.45) is 11.1 Å². The van der Waals surface area contributed by atoms with E-state index in [4.69, 9.17) is 5.73 Å². The average molecular weight is 153 g/mol. The fourth-order valence-electron chi connectivity index (χ4n) is 1.97. The topological polar surface area (TPSA) is 41.3 Å². The zero-order valence-electron chi connectivity index (χ0n) is 6.77. The highest BCUT2D eigenvalue weighted by Gasteiger charge is 2.45. The summed E-state index contributed by atoms with van der Waals surface area (Å²) in [4.78, 5) is 2.18. The van der Waals surface area contributed by atoms with E-state index in [-0.39, 0.29) is 0 Å². The molecule has 1 spiro atoms. The molecule has 2 aliphatic rings. The van der Waals surface area contributed by atoms with Crippen molar-refractivity contribution in [3.05, 3.63) is 12.3 Å². The number of rotatable bonds is 1. The fraction of sp³-hybridized carbons (Fsp3) is 0.750. The highest BCUT2D eigenvalue weighted by atomic mass is 15.2. The Morgan fingerprint density at radius 3 is 2.64 bits per heavy atom. The minimum Gasteiger partial charge on any atom is -0.362 e. The second-order valence-electron chi connectivity index (χ2n) is 3.53. The Labute approximate surface area is 67.2 Å². The van der Waals surface area contributed by atoms with E-state index in [2.05, 4.69) is 16.8 Å². The molecule has 0 saturated carbocycles. The smallest absolute Gasteiger partial charge is 0.0654 e. The van der Waals surface area contributed by atoms with Gasteiger partial charge >= 0.3 is 0 Å². The van der Waals surface area contributed by atoms with Crippen LogP contribution in [0.5, 0.6) is 0 Å². The van der Waals surface area contributed by atoms with Crippen LogP contribution in [0.1, 0.15) is 6.42 Å². The van der Waals surface area contributed by atoms with Crippen molar-refractivity contribution >= 4 is 0 Å². The Hall–Kier alpha value is -0.540. The summed E-state index contributed by atoms with van der Waals surface area (Å²) < 4.78 is 0. The molecule has 0 unspecified atom stereocenters. The fourth-order valence-corrected chi connectivity index (χ4v) is 1.97. The van der Waals surface area contributed by atoms with Gasteiger partial charge in [0.15, 0.2) is 0 Å². The van der Waals surface area contributed by atoms with Gasteiger partial charge in [-0.15, -0.1) is 0 Å². The van der Waals surface area contributed by atoms with E-state index < -0.39 is 0 Å². The second-order valence-corrected chi connectivity index (χ2v) is 3.53. The van der Waals surface area contributed by atoms with Gasteiger partial charge in [-0.3, -0.25) is 0 Å². The summed E-state index contributed by atoms with van der Waals surface area (Å²) in [6.07, 6.45) is 1.23. The van der Waals surface area contributed by atoms with Gasteiger partial charge in [-0.25, -0.2) is 0 Å². The molecule has 0 aromatic rings. The molecule has 0 amide bonds. The molecule has 3 nitrogen and oxygen atoms in total. The summed E-state index contributed by atoms with van der Waals surface area (Å²) in [5, 5.41) is 3.29. The van der Waals surface area contributed by atoms with E-state index in [0.717, 1.165) is 19.6 Å². The van der Waals surface area contributed by atoms with Crippen LogP contribution in [0.2, 0.25) is 0 Å². The SMILES string of the molecule is C=C1N(CN)CCC12CNC2. The lowest BCUT2D eigenvalue weighted by atomic mass is 9.79. The molecule has 0 aromatic heterocycles. The quantitative estimate of drug-likeness (QED) is 0.544. The minimum absolute atomic E-state index is 0.388. The van der Waals surface area contributed by atoms with E-state index in [1.807, 2.05) is 0 Å². The maximum absolute atomic E-state index is 5.57. The molecule has 0 aromatic carbocycles. The monoisotopic (exact) mass is 153 g/mol. The molecule has 0 radical (unpaired) electrons. The van der Waals surface area contributed by atoms with Crippen LogP contribution in [0, 0.1) is 5.41 Å². The van der Waals surface area contributed by atoms with Crippen molar-refractivity contribution in [1.29, 1.82) is 0 Å².